The Morgan fingerprint density at radius 2 is 1.09 bits per heavy atom. The minimum Gasteiger partial charge on any atom is -0.357 e. The van der Waals surface area contributed by atoms with Crippen LogP contribution >= 0.6 is 0 Å². The average molecular weight is 442 g/mol. The SMILES string of the molecule is CC/C=C\C/C=C\C/C=C\C/C=C\C/C=C\C/C=C\CCC(=O)NCCNCCNC=O. The monoisotopic (exact) mass is 441 g/mol. The summed E-state index contributed by atoms with van der Waals surface area (Å²) in [5.74, 6) is 0.0670. The molecule has 0 fully saturated rings. The van der Waals surface area contributed by atoms with Crippen LogP contribution in [0.15, 0.2) is 72.9 Å². The largest absolute Gasteiger partial charge is 0.357 e. The fourth-order valence-electron chi connectivity index (χ4n) is 2.58. The van der Waals surface area contributed by atoms with Crippen LogP contribution in [0.5, 0.6) is 0 Å². The van der Waals surface area contributed by atoms with Gasteiger partial charge in [-0.2, -0.15) is 0 Å². The highest BCUT2D eigenvalue weighted by molar-refractivity contribution is 5.75. The zero-order valence-electron chi connectivity index (χ0n) is 19.8. The summed E-state index contributed by atoms with van der Waals surface area (Å²) in [6.07, 6.45) is 34.0. The van der Waals surface area contributed by atoms with Crippen LogP contribution in [0.1, 0.15) is 58.3 Å². The minimum absolute atomic E-state index is 0.0670. The van der Waals surface area contributed by atoms with E-state index in [1.54, 1.807) is 0 Å². The molecule has 0 aliphatic heterocycles. The van der Waals surface area contributed by atoms with Crippen LogP contribution < -0.4 is 16.0 Å². The third kappa shape index (κ3) is 25.4. The van der Waals surface area contributed by atoms with Crippen molar-refractivity contribution < 1.29 is 9.59 Å². The molecule has 0 saturated carbocycles. The van der Waals surface area contributed by atoms with Gasteiger partial charge in [0, 0.05) is 32.6 Å². The van der Waals surface area contributed by atoms with Gasteiger partial charge in [-0.3, -0.25) is 9.59 Å². The van der Waals surface area contributed by atoms with E-state index in [0.29, 0.717) is 39.0 Å². The first-order chi connectivity index (χ1) is 15.8. The van der Waals surface area contributed by atoms with Crippen molar-refractivity contribution in [2.45, 2.75) is 58.3 Å². The van der Waals surface area contributed by atoms with Crippen LogP contribution in [0.4, 0.5) is 0 Å². The van der Waals surface area contributed by atoms with Gasteiger partial charge in [-0.1, -0.05) is 79.8 Å². The molecular formula is C27H43N3O2. The van der Waals surface area contributed by atoms with Crippen LogP contribution in [0, 0.1) is 0 Å². The summed E-state index contributed by atoms with van der Waals surface area (Å²) in [6.45, 7) is 4.75. The normalized spacial score (nSPS) is 12.4. The van der Waals surface area contributed by atoms with Crippen molar-refractivity contribution in [1.82, 2.24) is 16.0 Å². The van der Waals surface area contributed by atoms with E-state index in [9.17, 15) is 9.59 Å². The molecule has 0 aromatic carbocycles. The molecule has 0 spiro atoms. The summed E-state index contributed by atoms with van der Waals surface area (Å²) in [7, 11) is 0. The molecule has 0 rings (SSSR count). The van der Waals surface area contributed by atoms with E-state index in [1.807, 2.05) is 0 Å². The second kappa shape index (κ2) is 26.4. The van der Waals surface area contributed by atoms with Crippen molar-refractivity contribution in [2.75, 3.05) is 26.2 Å². The number of hydrogen-bond donors (Lipinski definition) is 3. The van der Waals surface area contributed by atoms with Gasteiger partial charge < -0.3 is 16.0 Å². The van der Waals surface area contributed by atoms with Gasteiger partial charge in [0.25, 0.3) is 0 Å². The lowest BCUT2D eigenvalue weighted by molar-refractivity contribution is -0.121. The molecule has 0 radical (unpaired) electrons. The lowest BCUT2D eigenvalue weighted by atomic mass is 10.2. The molecular weight excluding hydrogens is 398 g/mol. The van der Waals surface area contributed by atoms with Gasteiger partial charge in [-0.25, -0.2) is 0 Å². The smallest absolute Gasteiger partial charge is 0.220 e. The van der Waals surface area contributed by atoms with Crippen LogP contribution in [-0.2, 0) is 9.59 Å². The second-order valence-corrected chi connectivity index (χ2v) is 7.13. The Labute approximate surface area is 195 Å². The van der Waals surface area contributed by atoms with E-state index in [-0.39, 0.29) is 5.91 Å². The molecule has 0 aromatic rings. The standard InChI is InChI=1S/C27H43N3O2/c1-2-3-4-5-6-7-8-9-10-11-12-13-14-15-16-17-18-19-20-21-27(32)30-25-24-28-22-23-29-26-31/h3-4,6-7,9-10,12-13,15-16,18-19,26,28H,2,5,8,11,14,17,20-25H2,1H3,(H,29,31)(H,30,32)/b4-3-,7-6-,10-9-,13-12-,16-15-,19-18-. The summed E-state index contributed by atoms with van der Waals surface area (Å²) in [4.78, 5) is 21.8. The van der Waals surface area contributed by atoms with Crippen LogP contribution in [0.25, 0.3) is 0 Å². The van der Waals surface area contributed by atoms with Gasteiger partial charge in [0.05, 0.1) is 0 Å². The summed E-state index contributed by atoms with van der Waals surface area (Å²) < 4.78 is 0. The quantitative estimate of drug-likeness (QED) is 0.135. The highest BCUT2D eigenvalue weighted by Crippen LogP contribution is 1.97. The van der Waals surface area contributed by atoms with Crippen LogP contribution in [0.2, 0.25) is 0 Å². The Bertz CT molecular complexity index is 616. The van der Waals surface area contributed by atoms with Crippen LogP contribution in [-0.4, -0.2) is 38.5 Å². The van der Waals surface area contributed by atoms with Gasteiger partial charge in [0.1, 0.15) is 0 Å². The Hall–Kier alpha value is -2.66. The Morgan fingerprint density at radius 3 is 1.59 bits per heavy atom. The number of allylic oxidation sites excluding steroid dienone is 12. The summed E-state index contributed by atoms with van der Waals surface area (Å²) >= 11 is 0. The number of amides is 2. The van der Waals surface area contributed by atoms with Crippen molar-refractivity contribution in [3.05, 3.63) is 72.9 Å². The van der Waals surface area contributed by atoms with E-state index < -0.39 is 0 Å². The topological polar surface area (TPSA) is 70.2 Å². The molecule has 0 aliphatic carbocycles. The van der Waals surface area contributed by atoms with Crippen molar-refractivity contribution in [3.8, 4) is 0 Å². The number of hydrogen-bond acceptors (Lipinski definition) is 3. The molecule has 3 N–H and O–H groups in total. The van der Waals surface area contributed by atoms with E-state index in [2.05, 4.69) is 95.8 Å². The number of nitrogens with one attached hydrogen (secondary N) is 3. The van der Waals surface area contributed by atoms with Crippen molar-refractivity contribution in [1.29, 1.82) is 0 Å². The summed E-state index contributed by atoms with van der Waals surface area (Å²) in [5.41, 5.74) is 0. The lowest BCUT2D eigenvalue weighted by Gasteiger charge is -2.05. The van der Waals surface area contributed by atoms with Gasteiger partial charge in [-0.15, -0.1) is 0 Å². The average Bonchev–Trinajstić information content (AvgIpc) is 2.80. The fourth-order valence-corrected chi connectivity index (χ4v) is 2.58. The van der Waals surface area contributed by atoms with Crippen molar-refractivity contribution >= 4 is 12.3 Å². The molecule has 32 heavy (non-hydrogen) atoms. The molecule has 5 nitrogen and oxygen atoms in total. The molecule has 178 valence electrons. The van der Waals surface area contributed by atoms with Gasteiger partial charge in [0.2, 0.25) is 12.3 Å². The zero-order valence-corrected chi connectivity index (χ0v) is 19.8. The van der Waals surface area contributed by atoms with Crippen molar-refractivity contribution in [2.24, 2.45) is 0 Å². The molecule has 0 heterocycles. The Morgan fingerprint density at radius 1 is 0.625 bits per heavy atom. The first kappa shape index (κ1) is 29.3. The highest BCUT2D eigenvalue weighted by Gasteiger charge is 1.97. The zero-order chi connectivity index (χ0) is 23.4. The molecule has 0 atom stereocenters. The Balaban J connectivity index is 3.52. The number of carbonyl (C=O) groups is 2. The fraction of sp³-hybridized carbons (Fsp3) is 0.481. The highest BCUT2D eigenvalue weighted by atomic mass is 16.1. The maximum atomic E-state index is 11.7. The molecule has 0 bridgehead atoms. The lowest BCUT2D eigenvalue weighted by Crippen LogP contribution is -2.34. The van der Waals surface area contributed by atoms with Gasteiger partial charge >= 0.3 is 0 Å². The first-order valence-electron chi connectivity index (χ1n) is 11.9. The third-order valence-corrected chi connectivity index (χ3v) is 4.29. The number of rotatable bonds is 21. The third-order valence-electron chi connectivity index (χ3n) is 4.29. The minimum atomic E-state index is 0.0670. The predicted molar refractivity (Wildman–Crippen MR) is 137 cm³/mol. The van der Waals surface area contributed by atoms with E-state index >= 15 is 0 Å². The number of carbonyl (C=O) groups excluding carboxylic acids is 2. The maximum Gasteiger partial charge on any atom is 0.220 e. The predicted octanol–water partition coefficient (Wildman–Crippen LogP) is 4.92. The van der Waals surface area contributed by atoms with E-state index in [1.165, 1.54) is 0 Å². The summed E-state index contributed by atoms with van der Waals surface area (Å²) in [6, 6.07) is 0. The van der Waals surface area contributed by atoms with Gasteiger partial charge in [0.15, 0.2) is 0 Å². The second-order valence-electron chi connectivity index (χ2n) is 7.13. The van der Waals surface area contributed by atoms with E-state index in [0.717, 1.165) is 44.9 Å². The van der Waals surface area contributed by atoms with Crippen molar-refractivity contribution in [3.63, 3.8) is 0 Å². The van der Waals surface area contributed by atoms with E-state index in [4.69, 9.17) is 0 Å². The first-order valence-corrected chi connectivity index (χ1v) is 11.9. The molecule has 5 heteroatoms. The molecule has 2 amide bonds. The Kier molecular flexibility index (Phi) is 24.2. The summed E-state index contributed by atoms with van der Waals surface area (Å²) in [5, 5.41) is 8.58. The molecule has 0 aromatic heterocycles. The molecule has 0 saturated heterocycles. The molecule has 0 aliphatic rings. The molecule has 0 unspecified atom stereocenters. The maximum absolute atomic E-state index is 11.7. The van der Waals surface area contributed by atoms with Crippen LogP contribution in [0.3, 0.4) is 0 Å². The van der Waals surface area contributed by atoms with Gasteiger partial charge in [-0.05, 0) is 44.9 Å².